The van der Waals surface area contributed by atoms with E-state index in [9.17, 15) is 24.0 Å². The molecule has 220 valence electrons. The van der Waals surface area contributed by atoms with Crippen molar-refractivity contribution in [2.45, 2.75) is 26.9 Å². The molecule has 0 aromatic carbocycles. The smallest absolute Gasteiger partial charge is 0.374 e. The van der Waals surface area contributed by atoms with Gasteiger partial charge in [-0.1, -0.05) is 18.3 Å². The summed E-state index contributed by atoms with van der Waals surface area (Å²) in [4.78, 5) is 55.8. The highest BCUT2D eigenvalue weighted by Crippen LogP contribution is 2.13. The summed E-state index contributed by atoms with van der Waals surface area (Å²) in [6.07, 6.45) is 1.27. The van der Waals surface area contributed by atoms with Crippen LogP contribution in [0.3, 0.4) is 0 Å². The average Bonchev–Trinajstić information content (AvgIpc) is 2.91. The van der Waals surface area contributed by atoms with Crippen molar-refractivity contribution in [3.63, 3.8) is 0 Å². The molecule has 0 aliphatic carbocycles. The van der Waals surface area contributed by atoms with Crippen LogP contribution >= 0.6 is 24.4 Å². The molecule has 0 fully saturated rings. The Bertz CT molecular complexity index is 781. The number of esters is 2. The minimum Gasteiger partial charge on any atom is -0.460 e. The Morgan fingerprint density at radius 3 is 1.79 bits per heavy atom. The van der Waals surface area contributed by atoms with Gasteiger partial charge in [0.2, 0.25) is 11.9 Å². The van der Waals surface area contributed by atoms with Crippen LogP contribution in [0.2, 0.25) is 13.1 Å². The van der Waals surface area contributed by atoms with Gasteiger partial charge in [-0.25, -0.2) is 19.4 Å². The van der Waals surface area contributed by atoms with Crippen molar-refractivity contribution < 1.29 is 51.2 Å². The Morgan fingerprint density at radius 1 is 0.921 bits per heavy atom. The minimum atomic E-state index is -2.24. The zero-order valence-electron chi connectivity index (χ0n) is 23.2. The van der Waals surface area contributed by atoms with Gasteiger partial charge in [-0.15, -0.1) is 0 Å². The Morgan fingerprint density at radius 2 is 1.42 bits per heavy atom. The number of rotatable bonds is 15. The molecule has 1 amide bonds. The molecule has 0 aliphatic rings. The molecule has 0 aromatic heterocycles. The van der Waals surface area contributed by atoms with Gasteiger partial charge in [0.15, 0.2) is 0 Å². The molecule has 0 heterocycles. The topological polar surface area (TPSA) is 165 Å². The first-order chi connectivity index (χ1) is 17.7. The van der Waals surface area contributed by atoms with Gasteiger partial charge in [0, 0.05) is 51.7 Å². The molecule has 0 spiro atoms. The molecule has 0 bridgehead atoms. The fraction of sp³-hybridized carbons (Fsp3) is 0.667. The van der Waals surface area contributed by atoms with Crippen molar-refractivity contribution >= 4 is 70.6 Å². The van der Waals surface area contributed by atoms with E-state index in [0.717, 1.165) is 18.7 Å². The van der Waals surface area contributed by atoms with E-state index < -0.39 is 34.8 Å². The van der Waals surface area contributed by atoms with Gasteiger partial charge in [-0.05, 0) is 20.0 Å². The van der Waals surface area contributed by atoms with Crippen LogP contribution in [0, 0.1) is 0 Å². The molecule has 0 saturated carbocycles. The number of hydrogen-bond acceptors (Lipinski definition) is 14. The second-order valence-corrected chi connectivity index (χ2v) is 16.6. The van der Waals surface area contributed by atoms with E-state index in [1.54, 1.807) is 35.4 Å². The zero-order valence-corrected chi connectivity index (χ0v) is 27.0. The van der Waals surface area contributed by atoms with Gasteiger partial charge < -0.3 is 32.5 Å². The van der Waals surface area contributed by atoms with Crippen LogP contribution < -0.4 is 5.32 Å². The number of ketones is 1. The van der Waals surface area contributed by atoms with Crippen molar-refractivity contribution in [2.75, 3.05) is 65.5 Å². The fourth-order valence-corrected chi connectivity index (χ4v) is 5.50. The first kappa shape index (κ1) is 40.7. The number of ether oxygens (including phenoxy) is 2. The lowest BCUT2D eigenvalue weighted by Gasteiger charge is -2.21. The third kappa shape index (κ3) is 23.3. The number of hydrogen-bond donors (Lipinski definition) is 2. The van der Waals surface area contributed by atoms with E-state index in [4.69, 9.17) is 22.4 Å². The number of carbonyl (C=O) groups is 4. The van der Waals surface area contributed by atoms with Gasteiger partial charge in [0.25, 0.3) is 5.24 Å². The quantitative estimate of drug-likeness (QED) is 0.0401. The van der Waals surface area contributed by atoms with E-state index in [2.05, 4.69) is 34.3 Å². The van der Waals surface area contributed by atoms with Crippen molar-refractivity contribution in [3.8, 4) is 0 Å². The van der Waals surface area contributed by atoms with E-state index in [1.807, 2.05) is 13.1 Å². The van der Waals surface area contributed by atoms with E-state index >= 15 is 0 Å². The van der Waals surface area contributed by atoms with Crippen molar-refractivity contribution in [1.82, 2.24) is 5.32 Å². The van der Waals surface area contributed by atoms with Crippen LogP contribution in [0.5, 0.6) is 0 Å². The highest BCUT2D eigenvalue weighted by atomic mass is 32.2. The van der Waals surface area contributed by atoms with Gasteiger partial charge in [-0.3, -0.25) is 9.59 Å². The summed E-state index contributed by atoms with van der Waals surface area (Å²) >= 11 is 5.17. The molecule has 0 atom stereocenters. The Labute approximate surface area is 236 Å². The lowest BCUT2D eigenvalue weighted by molar-refractivity contribution is -0.152. The highest BCUT2D eigenvalue weighted by molar-refractivity contribution is 8.14. The summed E-state index contributed by atoms with van der Waals surface area (Å²) in [6.45, 7) is 10.3. The van der Waals surface area contributed by atoms with Gasteiger partial charge >= 0.3 is 29.1 Å². The molecule has 0 radical (unpaired) electrons. The molecular formula is C21H40N2O11S2Si2. The van der Waals surface area contributed by atoms with Crippen molar-refractivity contribution in [3.05, 3.63) is 12.2 Å². The lowest BCUT2D eigenvalue weighted by Crippen LogP contribution is -2.40. The van der Waals surface area contributed by atoms with Crippen molar-refractivity contribution in [1.29, 1.82) is 0 Å². The maximum Gasteiger partial charge on any atom is 0.374 e. The number of nitrogens with one attached hydrogen (secondary N) is 1. The van der Waals surface area contributed by atoms with Crippen LogP contribution in [0.15, 0.2) is 17.1 Å². The molecule has 1 N–H and O–H groups in total. The second kappa shape index (κ2) is 24.2. The van der Waals surface area contributed by atoms with Crippen molar-refractivity contribution in [2.24, 2.45) is 4.99 Å². The molecule has 0 rings (SSSR count). The number of thioether (sulfide) groups is 1. The minimum absolute atomic E-state index is 0.0442. The molecule has 0 saturated heterocycles. The number of amides is 1. The Hall–Kier alpha value is -1.83. The molecule has 0 aliphatic heterocycles. The second-order valence-electron chi connectivity index (χ2n) is 7.33. The largest absolute Gasteiger partial charge is 0.460 e. The first-order valence-electron chi connectivity index (χ1n) is 11.0. The average molecular weight is 617 g/mol. The number of isocyanates is 1. The standard InChI is InChI=1S/C11H21NO5SSi.C6H7NO4.C4H12O2SSi/c1-9(2)10(13)17-7-6-12-11(14)18-8-19(5,15-3)16-4;1-5(9)6(10)11-3-2-7-4-8;1-5-8(3,4-7)6-2/h1,6-8H2,2-5H3,(H,12,14);2-3H2,1H3;7H,4H2,1-3H3. The summed E-state index contributed by atoms with van der Waals surface area (Å²) in [5, 5.41) is 3.64. The molecule has 13 nitrogen and oxygen atoms in total. The number of carbonyl (C=O) groups excluding carboxylic acids is 5. The summed E-state index contributed by atoms with van der Waals surface area (Å²) in [5.41, 5.74) is 0.336. The van der Waals surface area contributed by atoms with Gasteiger partial charge in [0.05, 0.1) is 13.1 Å². The molecule has 38 heavy (non-hydrogen) atoms. The van der Waals surface area contributed by atoms with Crippen LogP contribution in [-0.4, -0.2) is 112 Å². The maximum absolute atomic E-state index is 11.5. The van der Waals surface area contributed by atoms with Crippen LogP contribution in [0.1, 0.15) is 13.8 Å². The number of aliphatic imine (C=N–C) groups is 1. The van der Waals surface area contributed by atoms with E-state index in [-0.39, 0.29) is 31.5 Å². The molecule has 0 aromatic rings. The zero-order chi connectivity index (χ0) is 30.2. The predicted octanol–water partition coefficient (Wildman–Crippen LogP) is 1.73. The summed E-state index contributed by atoms with van der Waals surface area (Å²) < 4.78 is 29.9. The maximum atomic E-state index is 11.5. The highest BCUT2D eigenvalue weighted by Gasteiger charge is 2.30. The lowest BCUT2D eigenvalue weighted by atomic mass is 10.4. The first-order valence-corrected chi connectivity index (χ1v) is 17.6. The normalized spacial score (nSPS) is 10.3. The summed E-state index contributed by atoms with van der Waals surface area (Å²) in [5.74, 6) is -2.04. The number of thiol groups is 1. The number of nitrogens with zero attached hydrogens (tertiary/aromatic N) is 1. The Kier molecular flexibility index (Phi) is 25.9. The fourth-order valence-electron chi connectivity index (χ4n) is 1.41. The van der Waals surface area contributed by atoms with Crippen LogP contribution in [0.4, 0.5) is 4.79 Å². The van der Waals surface area contributed by atoms with E-state index in [1.165, 1.54) is 6.08 Å². The van der Waals surface area contributed by atoms with Gasteiger partial charge in [-0.2, -0.15) is 12.6 Å². The van der Waals surface area contributed by atoms with Crippen LogP contribution in [-0.2, 0) is 46.4 Å². The van der Waals surface area contributed by atoms with Crippen LogP contribution in [0.25, 0.3) is 0 Å². The molecule has 0 unspecified atom stereocenters. The molecular weight excluding hydrogens is 577 g/mol. The Balaban J connectivity index is -0.000000543. The number of Topliss-reactive ketones (excluding diaryl/α,β-unsaturated/α-hetero) is 1. The summed E-state index contributed by atoms with van der Waals surface area (Å²) in [7, 11) is 2.42. The van der Waals surface area contributed by atoms with E-state index in [0.29, 0.717) is 16.3 Å². The third-order valence-corrected chi connectivity index (χ3v) is 13.1. The third-order valence-electron chi connectivity index (χ3n) is 4.22. The predicted molar refractivity (Wildman–Crippen MR) is 151 cm³/mol. The van der Waals surface area contributed by atoms with Gasteiger partial charge in [0.1, 0.15) is 13.2 Å². The monoisotopic (exact) mass is 616 g/mol. The summed E-state index contributed by atoms with van der Waals surface area (Å²) in [6, 6.07) is 0. The SMILES string of the molecule is C=C(C)C(=O)OCCNC(=O)SC[Si](C)(OC)OC.CC(=O)C(=O)OCCN=C=O.CO[Si](C)(CS)OC. The molecule has 17 heteroatoms.